The van der Waals surface area contributed by atoms with Gasteiger partial charge in [0.05, 0.1) is 20.1 Å². The highest BCUT2D eigenvalue weighted by Gasteiger charge is 2.28. The van der Waals surface area contributed by atoms with Crippen molar-refractivity contribution in [1.82, 2.24) is 4.90 Å². The Morgan fingerprint density at radius 2 is 1.82 bits per heavy atom. The third kappa shape index (κ3) is 3.55. The summed E-state index contributed by atoms with van der Waals surface area (Å²) in [4.78, 5) is 13.4. The lowest BCUT2D eigenvalue weighted by Gasteiger charge is -2.35. The quantitative estimate of drug-likeness (QED) is 0.859. The first-order valence-electron chi connectivity index (χ1n) is 7.36. The molecule has 1 aliphatic rings. The molecule has 1 aromatic carbocycles. The van der Waals surface area contributed by atoms with Gasteiger partial charge in [-0.15, -0.1) is 0 Å². The highest BCUT2D eigenvalue weighted by molar-refractivity contribution is 9.10. The van der Waals surface area contributed by atoms with Gasteiger partial charge in [0.2, 0.25) is 0 Å². The van der Waals surface area contributed by atoms with Gasteiger partial charge in [0.15, 0.2) is 11.5 Å². The van der Waals surface area contributed by atoms with E-state index < -0.39 is 5.97 Å². The molecule has 0 amide bonds. The standard InChI is InChI=1S/C16H22BrNO4/c1-10(18-6-4-11(5-7-18)16(19)20)12-8-14(21-2)15(22-3)9-13(12)17/h8-11H,4-7H2,1-3H3,(H,19,20). The van der Waals surface area contributed by atoms with Gasteiger partial charge in [0.25, 0.3) is 0 Å². The fourth-order valence-electron chi connectivity index (χ4n) is 2.92. The van der Waals surface area contributed by atoms with Gasteiger partial charge in [-0.1, -0.05) is 15.9 Å². The Morgan fingerprint density at radius 3 is 2.32 bits per heavy atom. The Labute approximate surface area is 139 Å². The largest absolute Gasteiger partial charge is 0.493 e. The first-order valence-corrected chi connectivity index (χ1v) is 8.15. The summed E-state index contributed by atoms with van der Waals surface area (Å²) < 4.78 is 11.7. The zero-order valence-electron chi connectivity index (χ0n) is 13.1. The van der Waals surface area contributed by atoms with Crippen LogP contribution in [0.5, 0.6) is 11.5 Å². The smallest absolute Gasteiger partial charge is 0.306 e. The van der Waals surface area contributed by atoms with Crippen LogP contribution in [-0.4, -0.2) is 43.3 Å². The van der Waals surface area contributed by atoms with Crippen molar-refractivity contribution in [3.05, 3.63) is 22.2 Å². The van der Waals surface area contributed by atoms with Gasteiger partial charge in [0, 0.05) is 10.5 Å². The van der Waals surface area contributed by atoms with Crippen molar-refractivity contribution in [3.63, 3.8) is 0 Å². The van der Waals surface area contributed by atoms with Crippen LogP contribution in [0, 0.1) is 5.92 Å². The van der Waals surface area contributed by atoms with Crippen molar-refractivity contribution >= 4 is 21.9 Å². The molecule has 5 nitrogen and oxygen atoms in total. The molecule has 6 heteroatoms. The fraction of sp³-hybridized carbons (Fsp3) is 0.562. The molecule has 22 heavy (non-hydrogen) atoms. The second-order valence-electron chi connectivity index (χ2n) is 5.55. The molecule has 2 rings (SSSR count). The number of piperidine rings is 1. The average Bonchev–Trinajstić information content (AvgIpc) is 2.53. The van der Waals surface area contributed by atoms with E-state index in [1.54, 1.807) is 14.2 Å². The van der Waals surface area contributed by atoms with Crippen LogP contribution in [0.1, 0.15) is 31.4 Å². The number of nitrogens with zero attached hydrogens (tertiary/aromatic N) is 1. The first kappa shape index (κ1) is 17.1. The lowest BCUT2D eigenvalue weighted by molar-refractivity contribution is -0.143. The Morgan fingerprint density at radius 1 is 1.27 bits per heavy atom. The van der Waals surface area contributed by atoms with E-state index in [0.717, 1.165) is 23.1 Å². The summed E-state index contributed by atoms with van der Waals surface area (Å²) in [7, 11) is 3.24. The second-order valence-corrected chi connectivity index (χ2v) is 6.41. The highest BCUT2D eigenvalue weighted by atomic mass is 79.9. The summed E-state index contributed by atoms with van der Waals surface area (Å²) in [6.45, 7) is 3.71. The van der Waals surface area contributed by atoms with Crippen LogP contribution in [0.3, 0.4) is 0 Å². The highest BCUT2D eigenvalue weighted by Crippen LogP contribution is 2.38. The summed E-state index contributed by atoms with van der Waals surface area (Å²) >= 11 is 3.60. The number of carbonyl (C=O) groups is 1. The zero-order chi connectivity index (χ0) is 16.3. The number of ether oxygens (including phenoxy) is 2. The third-order valence-corrected chi connectivity index (χ3v) is 5.07. The van der Waals surface area contributed by atoms with Crippen LogP contribution >= 0.6 is 15.9 Å². The Hall–Kier alpha value is -1.27. The number of aliphatic carboxylic acids is 1. The molecule has 1 unspecified atom stereocenters. The Bertz CT molecular complexity index is 541. The number of hydrogen-bond donors (Lipinski definition) is 1. The number of likely N-dealkylation sites (tertiary alicyclic amines) is 1. The molecule has 0 spiro atoms. The summed E-state index contributed by atoms with van der Waals surface area (Å²) in [6.07, 6.45) is 1.40. The van der Waals surface area contributed by atoms with Crippen molar-refractivity contribution in [1.29, 1.82) is 0 Å². The van der Waals surface area contributed by atoms with E-state index in [9.17, 15) is 4.79 Å². The Kier molecular flexibility index (Phi) is 5.69. The molecular weight excluding hydrogens is 350 g/mol. The maximum absolute atomic E-state index is 11.1. The first-order chi connectivity index (χ1) is 10.5. The molecule has 0 saturated carbocycles. The van der Waals surface area contributed by atoms with E-state index in [2.05, 4.69) is 27.8 Å². The normalized spacial score (nSPS) is 18.0. The van der Waals surface area contributed by atoms with Crippen LogP contribution in [0.4, 0.5) is 0 Å². The number of benzene rings is 1. The topological polar surface area (TPSA) is 59.0 Å². The molecule has 122 valence electrons. The molecule has 1 heterocycles. The van der Waals surface area contributed by atoms with Crippen LogP contribution < -0.4 is 9.47 Å². The van der Waals surface area contributed by atoms with Crippen molar-refractivity contribution < 1.29 is 19.4 Å². The van der Waals surface area contributed by atoms with Gasteiger partial charge in [0.1, 0.15) is 0 Å². The number of carboxylic acids is 1. The van der Waals surface area contributed by atoms with E-state index in [4.69, 9.17) is 14.6 Å². The van der Waals surface area contributed by atoms with E-state index >= 15 is 0 Å². The minimum absolute atomic E-state index is 0.184. The van der Waals surface area contributed by atoms with E-state index in [-0.39, 0.29) is 12.0 Å². The number of rotatable bonds is 5. The predicted molar refractivity (Wildman–Crippen MR) is 87.6 cm³/mol. The molecule has 0 aliphatic carbocycles. The van der Waals surface area contributed by atoms with Crippen LogP contribution in [-0.2, 0) is 4.79 Å². The second kappa shape index (κ2) is 7.33. The maximum Gasteiger partial charge on any atom is 0.306 e. The molecule has 0 aromatic heterocycles. The molecule has 1 N–H and O–H groups in total. The minimum atomic E-state index is -0.681. The van der Waals surface area contributed by atoms with Gasteiger partial charge in [-0.05, 0) is 50.6 Å². The molecule has 0 radical (unpaired) electrons. The Balaban J connectivity index is 2.16. The molecule has 0 bridgehead atoms. The molecule has 1 saturated heterocycles. The number of carboxylic acid groups (broad SMARTS) is 1. The number of hydrogen-bond acceptors (Lipinski definition) is 4. The van der Waals surface area contributed by atoms with Gasteiger partial charge in [-0.25, -0.2) is 0 Å². The zero-order valence-corrected chi connectivity index (χ0v) is 14.7. The van der Waals surface area contributed by atoms with Gasteiger partial charge in [-0.2, -0.15) is 0 Å². The summed E-state index contributed by atoms with van der Waals surface area (Å²) in [5, 5.41) is 9.09. The minimum Gasteiger partial charge on any atom is -0.493 e. The van der Waals surface area contributed by atoms with Crippen molar-refractivity contribution in [2.24, 2.45) is 5.92 Å². The van der Waals surface area contributed by atoms with Gasteiger partial charge < -0.3 is 14.6 Å². The van der Waals surface area contributed by atoms with E-state index in [1.807, 2.05) is 12.1 Å². The van der Waals surface area contributed by atoms with Gasteiger partial charge >= 0.3 is 5.97 Å². The summed E-state index contributed by atoms with van der Waals surface area (Å²) in [5.41, 5.74) is 1.12. The average molecular weight is 372 g/mol. The van der Waals surface area contributed by atoms with Crippen molar-refractivity contribution in [3.8, 4) is 11.5 Å². The number of methoxy groups -OCH3 is 2. The molecule has 1 fully saturated rings. The van der Waals surface area contributed by atoms with E-state index in [1.165, 1.54) is 0 Å². The summed E-state index contributed by atoms with van der Waals surface area (Å²) in [6, 6.07) is 4.08. The third-order valence-electron chi connectivity index (χ3n) is 4.38. The van der Waals surface area contributed by atoms with Crippen molar-refractivity contribution in [2.45, 2.75) is 25.8 Å². The number of halogens is 1. The molecule has 1 aliphatic heterocycles. The molecular formula is C16H22BrNO4. The molecule has 1 aromatic rings. The lowest BCUT2D eigenvalue weighted by Crippen LogP contribution is -2.38. The van der Waals surface area contributed by atoms with Crippen LogP contribution in [0.15, 0.2) is 16.6 Å². The SMILES string of the molecule is COc1cc(Br)c(C(C)N2CCC(C(=O)O)CC2)cc1OC. The van der Waals surface area contributed by atoms with Crippen LogP contribution in [0.2, 0.25) is 0 Å². The van der Waals surface area contributed by atoms with Crippen molar-refractivity contribution in [2.75, 3.05) is 27.3 Å². The monoisotopic (exact) mass is 371 g/mol. The lowest BCUT2D eigenvalue weighted by atomic mass is 9.94. The predicted octanol–water partition coefficient (Wildman–Crippen LogP) is 3.32. The van der Waals surface area contributed by atoms with Crippen LogP contribution in [0.25, 0.3) is 0 Å². The maximum atomic E-state index is 11.1. The summed E-state index contributed by atoms with van der Waals surface area (Å²) in [5.74, 6) is 0.500. The van der Waals surface area contributed by atoms with Gasteiger partial charge in [-0.3, -0.25) is 9.69 Å². The fourth-order valence-corrected chi connectivity index (χ4v) is 3.57. The molecule has 1 atom stereocenters. The van der Waals surface area contributed by atoms with E-state index in [0.29, 0.717) is 24.3 Å².